The molecule has 4 heteroatoms. The number of amides is 1. The third-order valence-electron chi connectivity index (χ3n) is 3.90. The second kappa shape index (κ2) is 7.41. The van der Waals surface area contributed by atoms with Crippen molar-refractivity contribution in [3.8, 4) is 0 Å². The summed E-state index contributed by atoms with van der Waals surface area (Å²) in [6, 6.07) is 9.44. The van der Waals surface area contributed by atoms with Crippen molar-refractivity contribution in [3.05, 3.63) is 42.1 Å². The SMILES string of the molecule is CCC(CC)C(Cl)CNC(=O)c1cccc2cccnc12. The Morgan fingerprint density at radius 3 is 2.67 bits per heavy atom. The van der Waals surface area contributed by atoms with Gasteiger partial charge in [-0.25, -0.2) is 0 Å². The summed E-state index contributed by atoms with van der Waals surface area (Å²) in [4.78, 5) is 16.7. The molecule has 0 bridgehead atoms. The monoisotopic (exact) mass is 304 g/mol. The molecule has 1 atom stereocenters. The number of para-hydroxylation sites is 1. The smallest absolute Gasteiger partial charge is 0.253 e. The fourth-order valence-electron chi connectivity index (χ4n) is 2.54. The van der Waals surface area contributed by atoms with Gasteiger partial charge in [0.15, 0.2) is 0 Å². The molecule has 2 aromatic rings. The summed E-state index contributed by atoms with van der Waals surface area (Å²) in [6.45, 7) is 4.73. The van der Waals surface area contributed by atoms with Crippen LogP contribution in [0, 0.1) is 5.92 Å². The summed E-state index contributed by atoms with van der Waals surface area (Å²) in [5, 5.41) is 3.86. The number of hydrogen-bond acceptors (Lipinski definition) is 2. The minimum absolute atomic E-state index is 0.0353. The highest BCUT2D eigenvalue weighted by molar-refractivity contribution is 6.21. The number of nitrogens with zero attached hydrogens (tertiary/aromatic N) is 1. The molecule has 1 aromatic carbocycles. The zero-order valence-corrected chi connectivity index (χ0v) is 13.2. The molecule has 2 rings (SSSR count). The normalized spacial score (nSPS) is 12.6. The van der Waals surface area contributed by atoms with Crippen LogP contribution < -0.4 is 5.32 Å². The van der Waals surface area contributed by atoms with E-state index in [1.165, 1.54) is 0 Å². The van der Waals surface area contributed by atoms with Crippen LogP contribution in [0.3, 0.4) is 0 Å². The Morgan fingerprint density at radius 2 is 1.95 bits per heavy atom. The molecule has 0 aliphatic heterocycles. The lowest BCUT2D eigenvalue weighted by Crippen LogP contribution is -2.33. The predicted octanol–water partition coefficient (Wildman–Crippen LogP) is 4.01. The van der Waals surface area contributed by atoms with E-state index >= 15 is 0 Å². The van der Waals surface area contributed by atoms with Gasteiger partial charge < -0.3 is 5.32 Å². The standard InChI is InChI=1S/C17H21ClN2O/c1-3-12(4-2)15(18)11-20-17(21)14-9-5-7-13-8-6-10-19-16(13)14/h5-10,12,15H,3-4,11H2,1-2H3,(H,20,21). The fraction of sp³-hybridized carbons (Fsp3) is 0.412. The van der Waals surface area contributed by atoms with Crippen molar-refractivity contribution in [3.63, 3.8) is 0 Å². The molecule has 0 spiro atoms. The van der Waals surface area contributed by atoms with Crippen LogP contribution in [-0.4, -0.2) is 22.8 Å². The second-order valence-corrected chi connectivity index (χ2v) is 5.74. The van der Waals surface area contributed by atoms with E-state index in [2.05, 4.69) is 24.1 Å². The highest BCUT2D eigenvalue weighted by Gasteiger charge is 2.17. The molecule has 1 aromatic heterocycles. The summed E-state index contributed by atoms with van der Waals surface area (Å²) in [5.74, 6) is 0.313. The Balaban J connectivity index is 2.09. The van der Waals surface area contributed by atoms with Crippen molar-refractivity contribution in [1.82, 2.24) is 10.3 Å². The van der Waals surface area contributed by atoms with Crippen LogP contribution >= 0.6 is 11.6 Å². The van der Waals surface area contributed by atoms with Crippen molar-refractivity contribution in [2.75, 3.05) is 6.54 Å². The highest BCUT2D eigenvalue weighted by atomic mass is 35.5. The first-order chi connectivity index (χ1) is 10.2. The highest BCUT2D eigenvalue weighted by Crippen LogP contribution is 2.19. The number of benzene rings is 1. The summed E-state index contributed by atoms with van der Waals surface area (Å²) in [6.07, 6.45) is 3.75. The summed E-state index contributed by atoms with van der Waals surface area (Å²) in [5.41, 5.74) is 1.33. The zero-order chi connectivity index (χ0) is 15.2. The minimum atomic E-state index is -0.115. The fourth-order valence-corrected chi connectivity index (χ4v) is 2.97. The minimum Gasteiger partial charge on any atom is -0.350 e. The summed E-state index contributed by atoms with van der Waals surface area (Å²) in [7, 11) is 0. The number of fused-ring (bicyclic) bond motifs is 1. The number of halogens is 1. The van der Waals surface area contributed by atoms with Gasteiger partial charge in [0, 0.05) is 18.1 Å². The van der Waals surface area contributed by atoms with E-state index in [1.54, 1.807) is 12.3 Å². The van der Waals surface area contributed by atoms with Gasteiger partial charge in [-0.05, 0) is 18.1 Å². The predicted molar refractivity (Wildman–Crippen MR) is 87.8 cm³/mol. The number of rotatable bonds is 6. The van der Waals surface area contributed by atoms with Crippen molar-refractivity contribution >= 4 is 28.4 Å². The van der Waals surface area contributed by atoms with Gasteiger partial charge in [0.2, 0.25) is 0 Å². The number of carbonyl (C=O) groups is 1. The van der Waals surface area contributed by atoms with Gasteiger partial charge in [-0.15, -0.1) is 11.6 Å². The molecule has 0 aliphatic carbocycles. The van der Waals surface area contributed by atoms with E-state index < -0.39 is 0 Å². The number of carbonyl (C=O) groups excluding carboxylic acids is 1. The third-order valence-corrected chi connectivity index (χ3v) is 4.41. The molecule has 1 amide bonds. The molecular weight excluding hydrogens is 284 g/mol. The maximum Gasteiger partial charge on any atom is 0.253 e. The van der Waals surface area contributed by atoms with Gasteiger partial charge in [0.05, 0.1) is 16.5 Å². The molecule has 3 nitrogen and oxygen atoms in total. The van der Waals surface area contributed by atoms with E-state index in [1.807, 2.05) is 24.3 Å². The van der Waals surface area contributed by atoms with Gasteiger partial charge in [0.1, 0.15) is 0 Å². The largest absolute Gasteiger partial charge is 0.350 e. The quantitative estimate of drug-likeness (QED) is 0.819. The van der Waals surface area contributed by atoms with Gasteiger partial charge in [0.25, 0.3) is 5.91 Å². The lowest BCUT2D eigenvalue weighted by atomic mass is 9.99. The maximum absolute atomic E-state index is 12.4. The average Bonchev–Trinajstić information content (AvgIpc) is 2.53. The van der Waals surface area contributed by atoms with Gasteiger partial charge >= 0.3 is 0 Å². The first-order valence-electron chi connectivity index (χ1n) is 7.43. The first-order valence-corrected chi connectivity index (χ1v) is 7.87. The molecule has 0 fully saturated rings. The van der Waals surface area contributed by atoms with Crippen molar-refractivity contribution in [2.45, 2.75) is 32.1 Å². The van der Waals surface area contributed by atoms with Crippen LogP contribution in [0.2, 0.25) is 0 Å². The van der Waals surface area contributed by atoms with Gasteiger partial charge in [-0.2, -0.15) is 0 Å². The van der Waals surface area contributed by atoms with Gasteiger partial charge in [-0.1, -0.05) is 44.9 Å². The van der Waals surface area contributed by atoms with Crippen LogP contribution in [-0.2, 0) is 0 Å². The maximum atomic E-state index is 12.4. The molecule has 0 aliphatic rings. The first kappa shape index (κ1) is 15.8. The number of hydrogen-bond donors (Lipinski definition) is 1. The Bertz CT molecular complexity index is 605. The molecule has 1 unspecified atom stereocenters. The lowest BCUT2D eigenvalue weighted by Gasteiger charge is -2.19. The molecule has 0 radical (unpaired) electrons. The topological polar surface area (TPSA) is 42.0 Å². The van der Waals surface area contributed by atoms with Crippen LogP contribution in [0.25, 0.3) is 10.9 Å². The van der Waals surface area contributed by atoms with Crippen molar-refractivity contribution in [1.29, 1.82) is 0 Å². The number of nitrogens with one attached hydrogen (secondary N) is 1. The van der Waals surface area contributed by atoms with E-state index in [-0.39, 0.29) is 11.3 Å². The Labute approximate surface area is 130 Å². The van der Waals surface area contributed by atoms with Crippen LogP contribution in [0.15, 0.2) is 36.5 Å². The molecule has 112 valence electrons. The average molecular weight is 305 g/mol. The third kappa shape index (κ3) is 3.73. The summed E-state index contributed by atoms with van der Waals surface area (Å²) >= 11 is 6.37. The molecule has 1 heterocycles. The lowest BCUT2D eigenvalue weighted by molar-refractivity contribution is 0.0953. The van der Waals surface area contributed by atoms with E-state index in [9.17, 15) is 4.79 Å². The van der Waals surface area contributed by atoms with E-state index in [4.69, 9.17) is 11.6 Å². The number of alkyl halides is 1. The molecular formula is C17H21ClN2O. The van der Waals surface area contributed by atoms with E-state index in [0.717, 1.165) is 23.7 Å². The number of aromatic nitrogens is 1. The van der Waals surface area contributed by atoms with Crippen LogP contribution in [0.5, 0.6) is 0 Å². The molecule has 21 heavy (non-hydrogen) atoms. The van der Waals surface area contributed by atoms with Gasteiger partial charge in [-0.3, -0.25) is 9.78 Å². The van der Waals surface area contributed by atoms with Crippen molar-refractivity contribution < 1.29 is 4.79 Å². The molecule has 0 saturated carbocycles. The Hall–Kier alpha value is -1.61. The number of pyridine rings is 1. The Morgan fingerprint density at radius 1 is 1.24 bits per heavy atom. The van der Waals surface area contributed by atoms with Crippen molar-refractivity contribution in [2.24, 2.45) is 5.92 Å². The summed E-state index contributed by atoms with van der Waals surface area (Å²) < 4.78 is 0. The van der Waals surface area contributed by atoms with E-state index in [0.29, 0.717) is 18.0 Å². The zero-order valence-electron chi connectivity index (χ0n) is 12.5. The van der Waals surface area contributed by atoms with Crippen LogP contribution in [0.4, 0.5) is 0 Å². The second-order valence-electron chi connectivity index (χ2n) is 5.18. The molecule has 1 N–H and O–H groups in total. The molecule has 0 saturated heterocycles. The van der Waals surface area contributed by atoms with Crippen LogP contribution in [0.1, 0.15) is 37.0 Å². The Kier molecular flexibility index (Phi) is 5.57.